The van der Waals surface area contributed by atoms with Crippen molar-refractivity contribution >= 4 is 22.2 Å². The highest BCUT2D eigenvalue weighted by Gasteiger charge is 2.15. The van der Waals surface area contributed by atoms with Crippen LogP contribution in [0.15, 0.2) is 18.2 Å². The second-order valence-electron chi connectivity index (χ2n) is 4.21. The van der Waals surface area contributed by atoms with Crippen LogP contribution in [0.5, 0.6) is 0 Å². The van der Waals surface area contributed by atoms with Gasteiger partial charge in [0.25, 0.3) is 5.69 Å². The van der Waals surface area contributed by atoms with Crippen LogP contribution in [0.2, 0.25) is 0 Å². The first-order valence-electron chi connectivity index (χ1n) is 5.69. The van der Waals surface area contributed by atoms with E-state index >= 15 is 0 Å². The molecule has 19 heavy (non-hydrogen) atoms. The molecular weight excluding hydrogens is 266 g/mol. The zero-order valence-electron chi connectivity index (χ0n) is 10.8. The molecular formula is C12H15N3O3S. The third kappa shape index (κ3) is 4.67. The molecule has 1 rings (SSSR count). The van der Waals surface area contributed by atoms with E-state index in [-0.39, 0.29) is 17.3 Å². The largest absolute Gasteiger partial charge is 0.382 e. The average Bonchev–Trinajstić information content (AvgIpc) is 2.36. The lowest BCUT2D eigenvalue weighted by Gasteiger charge is -2.14. The fourth-order valence-corrected chi connectivity index (χ4v) is 2.25. The van der Waals surface area contributed by atoms with Crippen LogP contribution >= 0.6 is 0 Å². The lowest BCUT2D eigenvalue weighted by atomic mass is 10.1. The maximum atomic E-state index is 11.0. The Morgan fingerprint density at radius 1 is 1.58 bits per heavy atom. The highest BCUT2D eigenvalue weighted by molar-refractivity contribution is 7.84. The van der Waals surface area contributed by atoms with Crippen molar-refractivity contribution < 1.29 is 9.13 Å². The summed E-state index contributed by atoms with van der Waals surface area (Å²) in [5.41, 5.74) is 0.414. The molecule has 0 spiro atoms. The molecule has 2 unspecified atom stereocenters. The lowest BCUT2D eigenvalue weighted by molar-refractivity contribution is -0.385. The molecule has 0 radical (unpaired) electrons. The molecule has 0 saturated heterocycles. The van der Waals surface area contributed by atoms with Crippen LogP contribution in [0.3, 0.4) is 0 Å². The van der Waals surface area contributed by atoms with Gasteiger partial charge in [-0.2, -0.15) is 5.26 Å². The van der Waals surface area contributed by atoms with Gasteiger partial charge >= 0.3 is 0 Å². The monoisotopic (exact) mass is 281 g/mol. The summed E-state index contributed by atoms with van der Waals surface area (Å²) in [6.07, 6.45) is 2.34. The molecule has 7 heteroatoms. The van der Waals surface area contributed by atoms with E-state index in [1.165, 1.54) is 12.1 Å². The van der Waals surface area contributed by atoms with Gasteiger partial charge in [0.2, 0.25) is 0 Å². The minimum absolute atomic E-state index is 0.0397. The third-order valence-electron chi connectivity index (χ3n) is 2.57. The van der Waals surface area contributed by atoms with Crippen LogP contribution in [-0.4, -0.2) is 27.2 Å². The summed E-state index contributed by atoms with van der Waals surface area (Å²) in [4.78, 5) is 10.2. The number of hydrogen-bond donors (Lipinski definition) is 1. The van der Waals surface area contributed by atoms with E-state index in [0.29, 0.717) is 17.9 Å². The van der Waals surface area contributed by atoms with Crippen molar-refractivity contribution in [2.75, 3.05) is 17.3 Å². The van der Waals surface area contributed by atoms with E-state index in [4.69, 9.17) is 5.26 Å². The highest BCUT2D eigenvalue weighted by atomic mass is 32.2. The number of nitrogens with one attached hydrogen (secondary N) is 1. The van der Waals surface area contributed by atoms with Gasteiger partial charge in [-0.1, -0.05) is 0 Å². The van der Waals surface area contributed by atoms with E-state index in [1.54, 1.807) is 18.4 Å². The normalized spacial score (nSPS) is 13.3. The number of anilines is 1. The molecule has 102 valence electrons. The molecule has 2 atom stereocenters. The first-order valence-corrected chi connectivity index (χ1v) is 7.42. The Labute approximate surface area is 114 Å². The summed E-state index contributed by atoms with van der Waals surface area (Å²) in [5, 5.41) is 22.7. The van der Waals surface area contributed by atoms with Crippen LogP contribution in [-0.2, 0) is 10.8 Å². The molecule has 0 saturated carbocycles. The van der Waals surface area contributed by atoms with Crippen molar-refractivity contribution in [2.45, 2.75) is 19.4 Å². The van der Waals surface area contributed by atoms with Gasteiger partial charge in [-0.15, -0.1) is 0 Å². The van der Waals surface area contributed by atoms with E-state index in [1.807, 2.05) is 6.92 Å². The Morgan fingerprint density at radius 2 is 2.26 bits per heavy atom. The van der Waals surface area contributed by atoms with Gasteiger partial charge in [-0.05, 0) is 25.5 Å². The molecule has 0 bridgehead atoms. The van der Waals surface area contributed by atoms with Crippen LogP contribution in [0.4, 0.5) is 11.4 Å². The highest BCUT2D eigenvalue weighted by Crippen LogP contribution is 2.23. The Hall–Kier alpha value is -1.94. The minimum Gasteiger partial charge on any atom is -0.382 e. The third-order valence-corrected chi connectivity index (χ3v) is 3.38. The predicted molar refractivity (Wildman–Crippen MR) is 74.4 cm³/mol. The Bertz CT molecular complexity index is 540. The predicted octanol–water partition coefficient (Wildman–Crippen LogP) is 2.04. The Kier molecular flexibility index (Phi) is 5.45. The van der Waals surface area contributed by atoms with Gasteiger partial charge in [0, 0.05) is 40.6 Å². The number of nitrogens with zero attached hydrogens (tertiary/aromatic N) is 2. The molecule has 0 amide bonds. The topological polar surface area (TPSA) is 96.0 Å². The number of nitro groups is 1. The summed E-state index contributed by atoms with van der Waals surface area (Å²) in [6.45, 7) is 1.91. The fraction of sp³-hybridized carbons (Fsp3) is 0.417. The molecule has 6 nitrogen and oxygen atoms in total. The van der Waals surface area contributed by atoms with Crippen molar-refractivity contribution in [1.82, 2.24) is 0 Å². The average molecular weight is 281 g/mol. The van der Waals surface area contributed by atoms with Crippen molar-refractivity contribution in [3.63, 3.8) is 0 Å². The van der Waals surface area contributed by atoms with Gasteiger partial charge in [-0.3, -0.25) is 14.3 Å². The van der Waals surface area contributed by atoms with Crippen LogP contribution in [0.1, 0.15) is 18.9 Å². The van der Waals surface area contributed by atoms with Crippen molar-refractivity contribution in [2.24, 2.45) is 0 Å². The molecule has 1 N–H and O–H groups in total. The zero-order chi connectivity index (χ0) is 14.4. The van der Waals surface area contributed by atoms with Crippen LogP contribution in [0, 0.1) is 21.4 Å². The summed E-state index contributed by atoms with van der Waals surface area (Å²) in [5.74, 6) is 0.576. The Morgan fingerprint density at radius 3 is 2.79 bits per heavy atom. The first kappa shape index (κ1) is 15.1. The van der Waals surface area contributed by atoms with Crippen LogP contribution in [0.25, 0.3) is 0 Å². The number of nitro benzene ring substituents is 1. The summed E-state index contributed by atoms with van der Waals surface area (Å²) in [7, 11) is -0.852. The minimum atomic E-state index is -0.852. The van der Waals surface area contributed by atoms with E-state index < -0.39 is 15.7 Å². The van der Waals surface area contributed by atoms with Crippen LogP contribution < -0.4 is 5.32 Å². The molecule has 0 aliphatic rings. The van der Waals surface area contributed by atoms with E-state index in [2.05, 4.69) is 5.32 Å². The Balaban J connectivity index is 2.80. The standard InChI is InChI=1S/C12H15N3O3S/c1-9(5-6-19(2)18)14-11-4-3-10(8-13)12(7-11)15(16)17/h3-4,7,9,14H,5-6H2,1-2H3. The quantitative estimate of drug-likeness (QED) is 0.635. The molecule has 0 fully saturated rings. The number of rotatable bonds is 6. The summed E-state index contributed by atoms with van der Waals surface area (Å²) < 4.78 is 11.0. The smallest absolute Gasteiger partial charge is 0.289 e. The fourth-order valence-electron chi connectivity index (χ4n) is 1.57. The number of hydrogen-bond acceptors (Lipinski definition) is 5. The molecule has 0 heterocycles. The van der Waals surface area contributed by atoms with Crippen molar-refractivity contribution in [3.8, 4) is 6.07 Å². The second-order valence-corrected chi connectivity index (χ2v) is 5.77. The van der Waals surface area contributed by atoms with Gasteiger partial charge in [-0.25, -0.2) is 0 Å². The van der Waals surface area contributed by atoms with E-state index in [9.17, 15) is 14.3 Å². The molecule has 1 aromatic rings. The van der Waals surface area contributed by atoms with Crippen molar-refractivity contribution in [3.05, 3.63) is 33.9 Å². The van der Waals surface area contributed by atoms with E-state index in [0.717, 1.165) is 0 Å². The summed E-state index contributed by atoms with van der Waals surface area (Å²) in [6, 6.07) is 6.24. The van der Waals surface area contributed by atoms with Gasteiger partial charge in [0.15, 0.2) is 0 Å². The lowest BCUT2D eigenvalue weighted by Crippen LogP contribution is -2.17. The SMILES string of the molecule is CC(CCS(C)=O)Nc1ccc(C#N)c([N+](=O)[O-])c1. The second kappa shape index (κ2) is 6.85. The maximum Gasteiger partial charge on any atom is 0.289 e. The van der Waals surface area contributed by atoms with Gasteiger partial charge in [0.1, 0.15) is 11.6 Å². The molecule has 1 aromatic carbocycles. The first-order chi connectivity index (χ1) is 8.93. The maximum absolute atomic E-state index is 11.0. The molecule has 0 aromatic heterocycles. The molecule has 0 aliphatic heterocycles. The van der Waals surface area contributed by atoms with Gasteiger partial charge in [0.05, 0.1) is 4.92 Å². The number of nitriles is 1. The van der Waals surface area contributed by atoms with Crippen molar-refractivity contribution in [1.29, 1.82) is 5.26 Å². The molecule has 0 aliphatic carbocycles. The van der Waals surface area contributed by atoms with Gasteiger partial charge < -0.3 is 5.32 Å². The number of benzene rings is 1. The zero-order valence-corrected chi connectivity index (χ0v) is 11.6. The summed E-state index contributed by atoms with van der Waals surface area (Å²) >= 11 is 0.